The van der Waals surface area contributed by atoms with Gasteiger partial charge in [0.15, 0.2) is 0 Å². The van der Waals surface area contributed by atoms with Crippen LogP contribution in [0.5, 0.6) is 0 Å². The molecule has 1 aliphatic rings. The summed E-state index contributed by atoms with van der Waals surface area (Å²) >= 11 is 0. The molecule has 1 N–H and O–H groups in total. The lowest BCUT2D eigenvalue weighted by molar-refractivity contribution is 0.120. The van der Waals surface area contributed by atoms with Gasteiger partial charge in [-0.05, 0) is 18.6 Å². The lowest BCUT2D eigenvalue weighted by atomic mass is 10.2. The van der Waals surface area contributed by atoms with E-state index < -0.39 is 0 Å². The highest BCUT2D eigenvalue weighted by Crippen LogP contribution is 2.11. The molecule has 0 aliphatic carbocycles. The molecule has 1 aromatic carbocycles. The van der Waals surface area contributed by atoms with Crippen LogP contribution in [0.3, 0.4) is 0 Å². The highest BCUT2D eigenvalue weighted by molar-refractivity contribution is 5.30. The summed E-state index contributed by atoms with van der Waals surface area (Å²) in [5.74, 6) is 0. The number of hydrogen-bond donors (Lipinski definition) is 1. The number of piperazine rings is 1. The number of benzene rings is 1. The zero-order valence-corrected chi connectivity index (χ0v) is 12.9. The maximum atomic E-state index is 8.89. The van der Waals surface area contributed by atoms with Crippen molar-refractivity contribution >= 4 is 0 Å². The lowest BCUT2D eigenvalue weighted by Crippen LogP contribution is -2.46. The molecular weight excluding hydrogens is 276 g/mol. The van der Waals surface area contributed by atoms with E-state index in [1.54, 1.807) is 0 Å². The Hall–Kier alpha value is -1.69. The van der Waals surface area contributed by atoms with Crippen LogP contribution in [0.1, 0.15) is 12.0 Å². The van der Waals surface area contributed by atoms with Crippen molar-refractivity contribution in [1.29, 1.82) is 0 Å². The monoisotopic (exact) mass is 300 g/mol. The SMILES string of the molecule is OCCCN1CCN(Cc2cnn(-c3ccccc3)c2)CC1. The van der Waals surface area contributed by atoms with Crippen molar-refractivity contribution in [1.82, 2.24) is 19.6 Å². The fraction of sp³-hybridized carbons (Fsp3) is 0.471. The first-order valence-electron chi connectivity index (χ1n) is 8.00. The number of aliphatic hydroxyl groups excluding tert-OH is 1. The highest BCUT2D eigenvalue weighted by atomic mass is 16.3. The third-order valence-electron chi connectivity index (χ3n) is 4.16. The van der Waals surface area contributed by atoms with Crippen LogP contribution in [0.2, 0.25) is 0 Å². The van der Waals surface area contributed by atoms with Crippen LogP contribution in [-0.2, 0) is 6.54 Å². The van der Waals surface area contributed by atoms with Crippen molar-refractivity contribution in [3.05, 3.63) is 48.3 Å². The Morgan fingerprint density at radius 1 is 1.00 bits per heavy atom. The first-order chi connectivity index (χ1) is 10.8. The van der Waals surface area contributed by atoms with Crippen molar-refractivity contribution in [2.45, 2.75) is 13.0 Å². The molecule has 5 heteroatoms. The third kappa shape index (κ3) is 3.94. The van der Waals surface area contributed by atoms with Crippen LogP contribution in [0, 0.1) is 0 Å². The Kier molecular flexibility index (Phi) is 5.21. The molecule has 0 spiro atoms. The summed E-state index contributed by atoms with van der Waals surface area (Å²) < 4.78 is 1.94. The molecule has 2 heterocycles. The largest absolute Gasteiger partial charge is 0.396 e. The normalized spacial score (nSPS) is 17.0. The second kappa shape index (κ2) is 7.54. The van der Waals surface area contributed by atoms with Crippen molar-refractivity contribution < 1.29 is 5.11 Å². The molecule has 22 heavy (non-hydrogen) atoms. The maximum Gasteiger partial charge on any atom is 0.0645 e. The number of hydrogen-bond acceptors (Lipinski definition) is 4. The molecule has 0 saturated carbocycles. The van der Waals surface area contributed by atoms with E-state index in [1.807, 2.05) is 29.1 Å². The number of para-hydroxylation sites is 1. The van der Waals surface area contributed by atoms with Crippen LogP contribution in [0.4, 0.5) is 0 Å². The lowest BCUT2D eigenvalue weighted by Gasteiger charge is -2.34. The summed E-state index contributed by atoms with van der Waals surface area (Å²) in [6.07, 6.45) is 4.96. The molecule has 5 nitrogen and oxygen atoms in total. The Labute approximate surface area is 131 Å². The summed E-state index contributed by atoms with van der Waals surface area (Å²) in [7, 11) is 0. The fourth-order valence-electron chi connectivity index (χ4n) is 2.89. The average molecular weight is 300 g/mol. The van der Waals surface area contributed by atoms with Gasteiger partial charge in [-0.3, -0.25) is 4.90 Å². The van der Waals surface area contributed by atoms with Gasteiger partial charge >= 0.3 is 0 Å². The Morgan fingerprint density at radius 2 is 1.73 bits per heavy atom. The zero-order valence-electron chi connectivity index (χ0n) is 12.9. The molecule has 1 aliphatic heterocycles. The van der Waals surface area contributed by atoms with Gasteiger partial charge in [0.05, 0.1) is 11.9 Å². The van der Waals surface area contributed by atoms with Crippen molar-refractivity contribution in [3.63, 3.8) is 0 Å². The first kappa shape index (κ1) is 15.2. The smallest absolute Gasteiger partial charge is 0.0645 e. The van der Waals surface area contributed by atoms with E-state index >= 15 is 0 Å². The highest BCUT2D eigenvalue weighted by Gasteiger charge is 2.17. The van der Waals surface area contributed by atoms with E-state index in [-0.39, 0.29) is 0 Å². The van der Waals surface area contributed by atoms with Gasteiger partial charge in [-0.15, -0.1) is 0 Å². The van der Waals surface area contributed by atoms with E-state index in [1.165, 1.54) is 5.56 Å². The van der Waals surface area contributed by atoms with Gasteiger partial charge in [-0.2, -0.15) is 5.10 Å². The molecule has 0 bridgehead atoms. The first-order valence-corrected chi connectivity index (χ1v) is 8.00. The number of aromatic nitrogens is 2. The summed E-state index contributed by atoms with van der Waals surface area (Å²) in [5.41, 5.74) is 2.36. The standard InChI is InChI=1S/C17H24N4O/c22-12-4-7-19-8-10-20(11-9-19)14-16-13-18-21(15-16)17-5-2-1-3-6-17/h1-3,5-6,13,15,22H,4,7-12,14H2. The molecule has 0 atom stereocenters. The van der Waals surface area contributed by atoms with Gasteiger partial charge in [0.25, 0.3) is 0 Å². The van der Waals surface area contributed by atoms with Gasteiger partial charge in [-0.1, -0.05) is 18.2 Å². The van der Waals surface area contributed by atoms with Gasteiger partial charge < -0.3 is 10.0 Å². The minimum Gasteiger partial charge on any atom is -0.396 e. The Bertz CT molecular complexity index is 561. The second-order valence-corrected chi connectivity index (χ2v) is 5.82. The van der Waals surface area contributed by atoms with Gasteiger partial charge in [0.2, 0.25) is 0 Å². The molecule has 0 radical (unpaired) electrons. The minimum absolute atomic E-state index is 0.291. The number of nitrogens with zero attached hydrogens (tertiary/aromatic N) is 4. The molecule has 0 amide bonds. The quantitative estimate of drug-likeness (QED) is 0.875. The topological polar surface area (TPSA) is 44.5 Å². The summed E-state index contributed by atoms with van der Waals surface area (Å²) in [6.45, 7) is 6.61. The maximum absolute atomic E-state index is 8.89. The van der Waals surface area contributed by atoms with Crippen molar-refractivity contribution in [3.8, 4) is 5.69 Å². The molecule has 1 fully saturated rings. The predicted octanol–water partition coefficient (Wildman–Crippen LogP) is 1.37. The van der Waals surface area contributed by atoms with Crippen molar-refractivity contribution in [2.24, 2.45) is 0 Å². The summed E-state index contributed by atoms with van der Waals surface area (Å²) in [4.78, 5) is 4.90. The number of rotatable bonds is 6. The van der Waals surface area contributed by atoms with E-state index in [2.05, 4.69) is 33.2 Å². The summed E-state index contributed by atoms with van der Waals surface area (Å²) in [6, 6.07) is 10.2. The van der Waals surface area contributed by atoms with Gasteiger partial charge in [0, 0.05) is 57.6 Å². The van der Waals surface area contributed by atoms with E-state index in [0.717, 1.165) is 51.4 Å². The van der Waals surface area contributed by atoms with E-state index in [9.17, 15) is 0 Å². The molecule has 1 aromatic heterocycles. The number of aliphatic hydroxyl groups is 1. The van der Waals surface area contributed by atoms with Crippen LogP contribution in [0.15, 0.2) is 42.7 Å². The van der Waals surface area contributed by atoms with E-state index in [0.29, 0.717) is 6.61 Å². The summed E-state index contributed by atoms with van der Waals surface area (Å²) in [5, 5.41) is 13.4. The molecular formula is C17H24N4O. The molecule has 118 valence electrons. The average Bonchev–Trinajstić information content (AvgIpc) is 3.04. The van der Waals surface area contributed by atoms with Gasteiger partial charge in [-0.25, -0.2) is 4.68 Å². The second-order valence-electron chi connectivity index (χ2n) is 5.82. The molecule has 0 unspecified atom stereocenters. The van der Waals surface area contributed by atoms with Crippen molar-refractivity contribution in [2.75, 3.05) is 39.3 Å². The Balaban J connectivity index is 1.51. The molecule has 2 aromatic rings. The third-order valence-corrected chi connectivity index (χ3v) is 4.16. The van der Waals surface area contributed by atoms with Crippen LogP contribution in [0.25, 0.3) is 5.69 Å². The molecule has 3 rings (SSSR count). The molecule has 1 saturated heterocycles. The van der Waals surface area contributed by atoms with Crippen LogP contribution in [-0.4, -0.2) is 64.0 Å². The van der Waals surface area contributed by atoms with Crippen LogP contribution < -0.4 is 0 Å². The predicted molar refractivity (Wildman–Crippen MR) is 87.0 cm³/mol. The van der Waals surface area contributed by atoms with E-state index in [4.69, 9.17) is 5.11 Å². The Morgan fingerprint density at radius 3 is 2.45 bits per heavy atom. The van der Waals surface area contributed by atoms with Gasteiger partial charge in [0.1, 0.15) is 0 Å². The fourth-order valence-corrected chi connectivity index (χ4v) is 2.89. The minimum atomic E-state index is 0.291. The zero-order chi connectivity index (χ0) is 15.2. The van der Waals surface area contributed by atoms with Crippen LogP contribution >= 0.6 is 0 Å².